The first-order valence-electron chi connectivity index (χ1n) is 8.95. The minimum absolute atomic E-state index is 0.0695. The molecule has 1 aliphatic heterocycles. The lowest BCUT2D eigenvalue weighted by Crippen LogP contribution is -2.45. The molecule has 144 valence electrons. The lowest BCUT2D eigenvalue weighted by atomic mass is 10.0. The molecule has 0 aromatic heterocycles. The predicted octanol–water partition coefficient (Wildman–Crippen LogP) is 3.00. The topological polar surface area (TPSA) is 36.5 Å². The van der Waals surface area contributed by atoms with Crippen molar-refractivity contribution in [3.63, 3.8) is 0 Å². The summed E-state index contributed by atoms with van der Waals surface area (Å²) in [7, 11) is 0. The van der Waals surface area contributed by atoms with E-state index in [0.29, 0.717) is 31.4 Å². The van der Waals surface area contributed by atoms with Crippen LogP contribution < -0.4 is 10.6 Å². The Morgan fingerprint density at radius 2 is 1.56 bits per heavy atom. The van der Waals surface area contributed by atoms with Gasteiger partial charge in [0.15, 0.2) is 5.11 Å². The zero-order valence-corrected chi connectivity index (χ0v) is 15.8. The highest BCUT2D eigenvalue weighted by atomic mass is 32.1. The summed E-state index contributed by atoms with van der Waals surface area (Å²) in [5.74, 6) is -0.504. The van der Waals surface area contributed by atoms with Gasteiger partial charge in [-0.2, -0.15) is 0 Å². The van der Waals surface area contributed by atoms with Crippen LogP contribution in [-0.4, -0.2) is 42.9 Å². The molecule has 0 saturated carbocycles. The Morgan fingerprint density at radius 3 is 2.19 bits per heavy atom. The molecule has 0 bridgehead atoms. The number of halogens is 2. The molecule has 1 heterocycles. The van der Waals surface area contributed by atoms with E-state index < -0.39 is 0 Å². The molecule has 2 aromatic rings. The second-order valence-corrected chi connectivity index (χ2v) is 6.81. The van der Waals surface area contributed by atoms with Crippen molar-refractivity contribution in [3.8, 4) is 0 Å². The van der Waals surface area contributed by atoms with Gasteiger partial charge in [-0.3, -0.25) is 4.90 Å². The van der Waals surface area contributed by atoms with Crippen LogP contribution in [0, 0.1) is 11.6 Å². The zero-order chi connectivity index (χ0) is 19.1. The van der Waals surface area contributed by atoms with Crippen LogP contribution in [0.3, 0.4) is 0 Å². The molecule has 2 N–H and O–H groups in total. The fraction of sp³-hybridized carbons (Fsp3) is 0.350. The fourth-order valence-corrected chi connectivity index (χ4v) is 3.22. The van der Waals surface area contributed by atoms with Crippen molar-refractivity contribution in [1.82, 2.24) is 15.5 Å². The second-order valence-electron chi connectivity index (χ2n) is 6.41. The van der Waals surface area contributed by atoms with E-state index in [-0.39, 0.29) is 17.7 Å². The van der Waals surface area contributed by atoms with Crippen molar-refractivity contribution in [2.75, 3.05) is 32.8 Å². The van der Waals surface area contributed by atoms with Crippen molar-refractivity contribution in [3.05, 3.63) is 71.3 Å². The molecular formula is C20H23F2N3OS. The van der Waals surface area contributed by atoms with Crippen molar-refractivity contribution >= 4 is 17.3 Å². The molecule has 1 fully saturated rings. The smallest absolute Gasteiger partial charge is 0.166 e. The van der Waals surface area contributed by atoms with Crippen LogP contribution in [-0.2, 0) is 11.3 Å². The number of nitrogens with zero attached hydrogens (tertiary/aromatic N) is 1. The number of nitrogens with one attached hydrogen (secondary N) is 2. The van der Waals surface area contributed by atoms with E-state index in [9.17, 15) is 8.78 Å². The van der Waals surface area contributed by atoms with Crippen LogP contribution in [0.2, 0.25) is 0 Å². The van der Waals surface area contributed by atoms with Gasteiger partial charge in [0.25, 0.3) is 0 Å². The number of hydrogen-bond donors (Lipinski definition) is 2. The monoisotopic (exact) mass is 391 g/mol. The van der Waals surface area contributed by atoms with Crippen molar-refractivity contribution in [2.45, 2.75) is 12.6 Å². The van der Waals surface area contributed by atoms with Gasteiger partial charge in [-0.15, -0.1) is 0 Å². The average molecular weight is 391 g/mol. The summed E-state index contributed by atoms with van der Waals surface area (Å²) in [6.07, 6.45) is 0. The zero-order valence-electron chi connectivity index (χ0n) is 15.0. The van der Waals surface area contributed by atoms with Gasteiger partial charge in [-0.25, -0.2) is 8.78 Å². The standard InChI is InChI=1S/C20H23F2N3OS/c21-17-5-1-15(2-6-17)13-23-20(27)24-14-19(25-9-11-26-12-10-25)16-3-7-18(22)8-4-16/h1-8,19H,9-14H2,(H2,23,24,27)/t19-/m0/s1. The van der Waals surface area contributed by atoms with E-state index in [1.165, 1.54) is 24.3 Å². The van der Waals surface area contributed by atoms with Crippen molar-refractivity contribution in [2.24, 2.45) is 0 Å². The molecule has 0 aliphatic carbocycles. The normalized spacial score (nSPS) is 15.9. The van der Waals surface area contributed by atoms with Gasteiger partial charge >= 0.3 is 0 Å². The molecule has 27 heavy (non-hydrogen) atoms. The summed E-state index contributed by atoms with van der Waals surface area (Å²) < 4.78 is 31.7. The Hall–Kier alpha value is -2.09. The van der Waals surface area contributed by atoms with Gasteiger partial charge in [0, 0.05) is 26.2 Å². The molecule has 1 aliphatic rings. The molecule has 4 nitrogen and oxygen atoms in total. The van der Waals surface area contributed by atoms with Crippen LogP contribution in [0.1, 0.15) is 17.2 Å². The van der Waals surface area contributed by atoms with Gasteiger partial charge in [0.1, 0.15) is 11.6 Å². The highest BCUT2D eigenvalue weighted by Gasteiger charge is 2.22. The minimum Gasteiger partial charge on any atom is -0.379 e. The van der Waals surface area contributed by atoms with Gasteiger partial charge in [-0.1, -0.05) is 24.3 Å². The average Bonchev–Trinajstić information content (AvgIpc) is 2.70. The second kappa shape index (κ2) is 9.73. The Bertz CT molecular complexity index is 734. The molecular weight excluding hydrogens is 368 g/mol. The van der Waals surface area contributed by atoms with E-state index in [2.05, 4.69) is 15.5 Å². The third kappa shape index (κ3) is 5.95. The molecule has 7 heteroatoms. The number of ether oxygens (including phenoxy) is 1. The first-order valence-corrected chi connectivity index (χ1v) is 9.36. The van der Waals surface area contributed by atoms with Crippen molar-refractivity contribution in [1.29, 1.82) is 0 Å². The molecule has 3 rings (SSSR count). The Kier molecular flexibility index (Phi) is 7.09. The number of hydrogen-bond acceptors (Lipinski definition) is 3. The summed E-state index contributed by atoms with van der Waals surface area (Å²) in [4.78, 5) is 2.31. The first-order chi connectivity index (χ1) is 13.1. The first kappa shape index (κ1) is 19.7. The quantitative estimate of drug-likeness (QED) is 0.741. The number of morpholine rings is 1. The molecule has 0 radical (unpaired) electrons. The minimum atomic E-state index is -0.257. The van der Waals surface area contributed by atoms with Crippen LogP contribution in [0.4, 0.5) is 8.78 Å². The van der Waals surface area contributed by atoms with Crippen LogP contribution >= 0.6 is 12.2 Å². The number of thiocarbonyl (C=S) groups is 1. The van der Waals surface area contributed by atoms with E-state index in [1.807, 2.05) is 12.1 Å². The maximum atomic E-state index is 13.3. The predicted molar refractivity (Wildman–Crippen MR) is 105 cm³/mol. The third-order valence-electron chi connectivity index (χ3n) is 4.56. The van der Waals surface area contributed by atoms with Gasteiger partial charge in [0.2, 0.25) is 0 Å². The van der Waals surface area contributed by atoms with Crippen LogP contribution in [0.5, 0.6) is 0 Å². The summed E-state index contributed by atoms with van der Waals surface area (Å²) >= 11 is 5.37. The maximum Gasteiger partial charge on any atom is 0.166 e. The van der Waals surface area contributed by atoms with Crippen LogP contribution in [0.25, 0.3) is 0 Å². The SMILES string of the molecule is Fc1ccc(CNC(=S)NC[C@@H](c2ccc(F)cc2)N2CCOCC2)cc1. The summed E-state index contributed by atoms with van der Waals surface area (Å²) in [5.41, 5.74) is 1.98. The molecule has 0 spiro atoms. The largest absolute Gasteiger partial charge is 0.379 e. The molecule has 0 amide bonds. The maximum absolute atomic E-state index is 13.3. The Morgan fingerprint density at radius 1 is 0.963 bits per heavy atom. The van der Waals surface area contributed by atoms with E-state index in [0.717, 1.165) is 24.2 Å². The van der Waals surface area contributed by atoms with E-state index >= 15 is 0 Å². The van der Waals surface area contributed by atoms with Gasteiger partial charge in [0.05, 0.1) is 19.3 Å². The molecule has 1 atom stereocenters. The highest BCUT2D eigenvalue weighted by Crippen LogP contribution is 2.21. The Labute approximate surface area is 163 Å². The fourth-order valence-electron chi connectivity index (χ4n) is 3.07. The summed E-state index contributed by atoms with van der Waals surface area (Å²) in [5, 5.41) is 6.90. The summed E-state index contributed by atoms with van der Waals surface area (Å²) in [6.45, 7) is 4.13. The molecule has 2 aromatic carbocycles. The molecule has 1 saturated heterocycles. The van der Waals surface area contributed by atoms with E-state index in [1.54, 1.807) is 12.1 Å². The van der Waals surface area contributed by atoms with Gasteiger partial charge in [-0.05, 0) is 47.6 Å². The molecule has 0 unspecified atom stereocenters. The Balaban J connectivity index is 1.57. The van der Waals surface area contributed by atoms with Crippen LogP contribution in [0.15, 0.2) is 48.5 Å². The van der Waals surface area contributed by atoms with Gasteiger partial charge < -0.3 is 15.4 Å². The lowest BCUT2D eigenvalue weighted by molar-refractivity contribution is 0.0170. The van der Waals surface area contributed by atoms with E-state index in [4.69, 9.17) is 17.0 Å². The number of rotatable bonds is 6. The highest BCUT2D eigenvalue weighted by molar-refractivity contribution is 7.80. The van der Waals surface area contributed by atoms with Crippen molar-refractivity contribution < 1.29 is 13.5 Å². The lowest BCUT2D eigenvalue weighted by Gasteiger charge is -2.35. The third-order valence-corrected chi connectivity index (χ3v) is 4.85. The summed E-state index contributed by atoms with van der Waals surface area (Å²) in [6, 6.07) is 13.0. The number of benzene rings is 2.